The first kappa shape index (κ1) is 15.2. The molecule has 1 saturated heterocycles. The van der Waals surface area contributed by atoms with Gasteiger partial charge in [0.1, 0.15) is 5.76 Å². The van der Waals surface area contributed by atoms with Gasteiger partial charge in [0, 0.05) is 18.3 Å². The predicted molar refractivity (Wildman–Crippen MR) is 95.8 cm³/mol. The van der Waals surface area contributed by atoms with Gasteiger partial charge in [0.2, 0.25) is 0 Å². The molecule has 0 radical (unpaired) electrons. The smallest absolute Gasteiger partial charge is 0.117 e. The van der Waals surface area contributed by atoms with Crippen LogP contribution >= 0.6 is 0 Å². The molecule has 3 heteroatoms. The molecule has 0 amide bonds. The van der Waals surface area contributed by atoms with E-state index in [0.29, 0.717) is 5.92 Å². The fourth-order valence-corrected chi connectivity index (χ4v) is 3.58. The van der Waals surface area contributed by atoms with Crippen molar-refractivity contribution in [2.24, 2.45) is 0 Å². The van der Waals surface area contributed by atoms with Crippen LogP contribution in [0.25, 0.3) is 11.3 Å². The van der Waals surface area contributed by atoms with E-state index in [1.807, 2.05) is 12.3 Å². The number of hydrogen-bond donors (Lipinski definition) is 0. The molecule has 1 unspecified atom stereocenters. The number of aromatic nitrogens is 1. The normalized spacial score (nSPS) is 18.1. The van der Waals surface area contributed by atoms with Crippen LogP contribution in [0.2, 0.25) is 0 Å². The molecule has 3 nitrogen and oxygen atoms in total. The van der Waals surface area contributed by atoms with Gasteiger partial charge in [-0.05, 0) is 61.2 Å². The molecule has 3 heterocycles. The van der Waals surface area contributed by atoms with Crippen LogP contribution in [-0.2, 0) is 6.54 Å². The first-order valence-electron chi connectivity index (χ1n) is 8.56. The minimum atomic E-state index is 0.575. The number of aryl methyl sites for hydroxylation is 1. The second-order valence-corrected chi connectivity index (χ2v) is 6.59. The van der Waals surface area contributed by atoms with Crippen LogP contribution in [0, 0.1) is 6.92 Å². The summed E-state index contributed by atoms with van der Waals surface area (Å²) in [5, 5.41) is 0. The van der Waals surface area contributed by atoms with Gasteiger partial charge in [-0.3, -0.25) is 9.88 Å². The molecule has 0 spiro atoms. The second-order valence-electron chi connectivity index (χ2n) is 6.59. The van der Waals surface area contributed by atoms with Crippen molar-refractivity contribution in [3.8, 4) is 11.3 Å². The second kappa shape index (κ2) is 6.62. The zero-order valence-electron chi connectivity index (χ0n) is 14.0. The van der Waals surface area contributed by atoms with Gasteiger partial charge >= 0.3 is 0 Å². The zero-order chi connectivity index (χ0) is 16.4. The summed E-state index contributed by atoms with van der Waals surface area (Å²) in [5.41, 5.74) is 4.97. The maximum Gasteiger partial charge on any atom is 0.117 e. The van der Waals surface area contributed by atoms with E-state index in [4.69, 9.17) is 4.42 Å². The maximum atomic E-state index is 5.47. The summed E-state index contributed by atoms with van der Waals surface area (Å²) in [7, 11) is 0. The predicted octanol–water partition coefficient (Wildman–Crippen LogP) is 4.64. The molecule has 0 aliphatic carbocycles. The van der Waals surface area contributed by atoms with Gasteiger partial charge in [-0.25, -0.2) is 0 Å². The average Bonchev–Trinajstić information content (AvgIpc) is 3.28. The fraction of sp³-hybridized carbons (Fsp3) is 0.286. The van der Waals surface area contributed by atoms with Crippen molar-refractivity contribution in [3.05, 3.63) is 77.9 Å². The number of benzene rings is 1. The lowest BCUT2D eigenvalue weighted by molar-refractivity contribution is 0.294. The minimum Gasteiger partial charge on any atom is -0.468 e. The van der Waals surface area contributed by atoms with Crippen molar-refractivity contribution in [2.45, 2.75) is 25.8 Å². The Morgan fingerprint density at radius 2 is 2.08 bits per heavy atom. The lowest BCUT2D eigenvalue weighted by atomic mass is 9.96. The molecule has 1 aliphatic rings. The summed E-state index contributed by atoms with van der Waals surface area (Å²) in [6.07, 6.45) is 4.89. The Morgan fingerprint density at radius 1 is 1.17 bits per heavy atom. The van der Waals surface area contributed by atoms with E-state index in [0.717, 1.165) is 31.1 Å². The summed E-state index contributed by atoms with van der Waals surface area (Å²) in [6, 6.07) is 16.9. The van der Waals surface area contributed by atoms with Gasteiger partial charge in [-0.1, -0.05) is 24.3 Å². The summed E-state index contributed by atoms with van der Waals surface area (Å²) in [6.45, 7) is 5.24. The van der Waals surface area contributed by atoms with Crippen molar-refractivity contribution in [1.82, 2.24) is 9.88 Å². The van der Waals surface area contributed by atoms with Gasteiger partial charge in [0.05, 0.1) is 18.5 Å². The molecule has 2 aromatic heterocycles. The summed E-state index contributed by atoms with van der Waals surface area (Å²) in [5.74, 6) is 1.62. The van der Waals surface area contributed by atoms with Crippen molar-refractivity contribution in [1.29, 1.82) is 0 Å². The van der Waals surface area contributed by atoms with Gasteiger partial charge in [0.25, 0.3) is 0 Å². The number of furan rings is 1. The molecular formula is C21H22N2O. The van der Waals surface area contributed by atoms with Crippen LogP contribution in [0.15, 0.2) is 65.4 Å². The molecule has 1 aliphatic heterocycles. The van der Waals surface area contributed by atoms with E-state index in [2.05, 4.69) is 59.3 Å². The van der Waals surface area contributed by atoms with Crippen molar-refractivity contribution >= 4 is 0 Å². The van der Waals surface area contributed by atoms with Crippen LogP contribution in [0.4, 0.5) is 0 Å². The third-order valence-electron chi connectivity index (χ3n) is 4.91. The Labute approximate surface area is 143 Å². The summed E-state index contributed by atoms with van der Waals surface area (Å²) in [4.78, 5) is 7.06. The monoisotopic (exact) mass is 318 g/mol. The fourth-order valence-electron chi connectivity index (χ4n) is 3.58. The molecule has 3 aromatic rings. The van der Waals surface area contributed by atoms with E-state index in [9.17, 15) is 0 Å². The Kier molecular flexibility index (Phi) is 4.18. The van der Waals surface area contributed by atoms with E-state index < -0.39 is 0 Å². The first-order chi connectivity index (χ1) is 11.8. The molecule has 0 saturated carbocycles. The SMILES string of the molecule is Cc1ccccc1-c1cc(C2CCN(Cc3ccco3)C2)ccn1. The van der Waals surface area contributed by atoms with Crippen molar-refractivity contribution < 1.29 is 4.42 Å². The molecule has 0 bridgehead atoms. The highest BCUT2D eigenvalue weighted by Crippen LogP contribution is 2.30. The Hall–Kier alpha value is -2.39. The number of rotatable bonds is 4. The van der Waals surface area contributed by atoms with Crippen LogP contribution in [-0.4, -0.2) is 23.0 Å². The molecule has 0 N–H and O–H groups in total. The van der Waals surface area contributed by atoms with E-state index in [1.165, 1.54) is 23.1 Å². The van der Waals surface area contributed by atoms with Crippen LogP contribution < -0.4 is 0 Å². The van der Waals surface area contributed by atoms with Crippen LogP contribution in [0.5, 0.6) is 0 Å². The lowest BCUT2D eigenvalue weighted by Crippen LogP contribution is -2.19. The Bertz CT molecular complexity index is 810. The number of hydrogen-bond acceptors (Lipinski definition) is 3. The summed E-state index contributed by atoms with van der Waals surface area (Å²) >= 11 is 0. The standard InChI is InChI=1S/C21H22N2O/c1-16-5-2-3-7-20(16)21-13-17(8-10-22-21)18-9-11-23(14-18)15-19-6-4-12-24-19/h2-8,10,12-13,18H,9,11,14-15H2,1H3. The number of likely N-dealkylation sites (tertiary alicyclic amines) is 1. The van der Waals surface area contributed by atoms with Crippen LogP contribution in [0.3, 0.4) is 0 Å². The molecule has 1 fully saturated rings. The largest absolute Gasteiger partial charge is 0.468 e. The lowest BCUT2D eigenvalue weighted by Gasteiger charge is -2.15. The Balaban J connectivity index is 1.51. The molecule has 1 atom stereocenters. The highest BCUT2D eigenvalue weighted by atomic mass is 16.3. The van der Waals surface area contributed by atoms with Gasteiger partial charge < -0.3 is 4.42 Å². The third-order valence-corrected chi connectivity index (χ3v) is 4.91. The van der Waals surface area contributed by atoms with E-state index >= 15 is 0 Å². The average molecular weight is 318 g/mol. The topological polar surface area (TPSA) is 29.3 Å². The minimum absolute atomic E-state index is 0.575. The van der Waals surface area contributed by atoms with Gasteiger partial charge in [-0.2, -0.15) is 0 Å². The number of nitrogens with zero attached hydrogens (tertiary/aromatic N) is 2. The van der Waals surface area contributed by atoms with Gasteiger partial charge in [-0.15, -0.1) is 0 Å². The summed E-state index contributed by atoms with van der Waals surface area (Å²) < 4.78 is 5.47. The Morgan fingerprint density at radius 3 is 2.92 bits per heavy atom. The molecule has 24 heavy (non-hydrogen) atoms. The third kappa shape index (κ3) is 3.13. The van der Waals surface area contributed by atoms with Crippen molar-refractivity contribution in [3.63, 3.8) is 0 Å². The quantitative estimate of drug-likeness (QED) is 0.702. The zero-order valence-corrected chi connectivity index (χ0v) is 14.0. The van der Waals surface area contributed by atoms with Crippen molar-refractivity contribution in [2.75, 3.05) is 13.1 Å². The van der Waals surface area contributed by atoms with Gasteiger partial charge in [0.15, 0.2) is 0 Å². The first-order valence-corrected chi connectivity index (χ1v) is 8.56. The van der Waals surface area contributed by atoms with E-state index in [-0.39, 0.29) is 0 Å². The maximum absolute atomic E-state index is 5.47. The highest BCUT2D eigenvalue weighted by Gasteiger charge is 2.24. The van der Waals surface area contributed by atoms with Crippen LogP contribution in [0.1, 0.15) is 29.2 Å². The molecular weight excluding hydrogens is 296 g/mol. The molecule has 1 aromatic carbocycles. The number of pyridine rings is 1. The molecule has 122 valence electrons. The van der Waals surface area contributed by atoms with E-state index in [1.54, 1.807) is 6.26 Å². The molecule has 4 rings (SSSR count). The highest BCUT2D eigenvalue weighted by molar-refractivity contribution is 5.63.